The van der Waals surface area contributed by atoms with Crippen molar-refractivity contribution >= 4 is 5.78 Å². The molecule has 4 fully saturated rings. The zero-order chi connectivity index (χ0) is 15.5. The molecular formula is C21H32O. The second-order valence-corrected chi connectivity index (χ2v) is 9.21. The van der Waals surface area contributed by atoms with E-state index in [1.54, 1.807) is 5.57 Å². The van der Waals surface area contributed by atoms with Crippen molar-refractivity contribution in [2.24, 2.45) is 34.5 Å². The Morgan fingerprint density at radius 1 is 1.00 bits per heavy atom. The Labute approximate surface area is 135 Å². The van der Waals surface area contributed by atoms with Crippen molar-refractivity contribution in [1.82, 2.24) is 0 Å². The van der Waals surface area contributed by atoms with Crippen LogP contribution in [-0.2, 0) is 4.79 Å². The van der Waals surface area contributed by atoms with Gasteiger partial charge in [0.1, 0.15) is 5.78 Å². The van der Waals surface area contributed by atoms with Gasteiger partial charge in [-0.3, -0.25) is 4.79 Å². The first-order valence-corrected chi connectivity index (χ1v) is 9.66. The van der Waals surface area contributed by atoms with Crippen LogP contribution in [0, 0.1) is 34.5 Å². The van der Waals surface area contributed by atoms with Crippen LogP contribution in [0.5, 0.6) is 0 Å². The molecule has 6 atom stereocenters. The molecule has 1 nitrogen and oxygen atoms in total. The molecule has 0 aromatic carbocycles. The summed E-state index contributed by atoms with van der Waals surface area (Å²) in [4.78, 5) is 11.9. The van der Waals surface area contributed by atoms with Crippen molar-refractivity contribution in [3.8, 4) is 0 Å². The fraction of sp³-hybridized carbons (Fsp3) is 0.857. The first-order valence-electron chi connectivity index (χ1n) is 9.66. The molecule has 0 spiro atoms. The predicted molar refractivity (Wildman–Crippen MR) is 90.5 cm³/mol. The van der Waals surface area contributed by atoms with Crippen LogP contribution in [0.15, 0.2) is 11.6 Å². The maximum atomic E-state index is 11.9. The lowest BCUT2D eigenvalue weighted by Gasteiger charge is -2.59. The molecule has 0 radical (unpaired) electrons. The average molecular weight is 300 g/mol. The Morgan fingerprint density at radius 2 is 1.82 bits per heavy atom. The highest BCUT2D eigenvalue weighted by Gasteiger charge is 2.58. The number of allylic oxidation sites excluding steroid dienone is 2. The fourth-order valence-electron chi connectivity index (χ4n) is 7.37. The van der Waals surface area contributed by atoms with Gasteiger partial charge in [0, 0.05) is 12.8 Å². The first-order chi connectivity index (χ1) is 10.5. The number of Topliss-reactive ketones (excluding diaryl/α,β-unsaturated/α-hetero) is 1. The van der Waals surface area contributed by atoms with Gasteiger partial charge in [0.25, 0.3) is 0 Å². The molecule has 122 valence electrons. The lowest BCUT2D eigenvalue weighted by atomic mass is 9.45. The van der Waals surface area contributed by atoms with E-state index in [1.807, 2.05) is 0 Å². The largest absolute Gasteiger partial charge is 0.300 e. The minimum atomic E-state index is 0.469. The van der Waals surface area contributed by atoms with Crippen LogP contribution in [-0.4, -0.2) is 5.78 Å². The Morgan fingerprint density at radius 3 is 2.59 bits per heavy atom. The van der Waals surface area contributed by atoms with E-state index in [2.05, 4.69) is 26.8 Å². The van der Waals surface area contributed by atoms with Crippen LogP contribution < -0.4 is 0 Å². The third-order valence-electron chi connectivity index (χ3n) is 8.68. The maximum absolute atomic E-state index is 11.9. The normalized spacial score (nSPS) is 53.0. The monoisotopic (exact) mass is 300 g/mol. The SMILES string of the molecule is C/C=C1/CCC2C3CCC4CC(=O)CCC4(C)C3CCC12C. The molecule has 0 heterocycles. The van der Waals surface area contributed by atoms with Crippen molar-refractivity contribution < 1.29 is 4.79 Å². The van der Waals surface area contributed by atoms with Crippen LogP contribution in [0.2, 0.25) is 0 Å². The number of hydrogen-bond acceptors (Lipinski definition) is 1. The maximum Gasteiger partial charge on any atom is 0.133 e. The minimum absolute atomic E-state index is 0.469. The Bertz CT molecular complexity index is 518. The number of carbonyl (C=O) groups excluding carboxylic acids is 1. The molecule has 22 heavy (non-hydrogen) atoms. The second kappa shape index (κ2) is 4.95. The standard InChI is InChI=1S/C21H32O/c1-4-14-6-8-18-17-7-5-15-13-16(22)9-11-21(15,3)19(17)10-12-20(14,18)2/h4,15,17-19H,5-13H2,1-3H3/b14-4-. The van der Waals surface area contributed by atoms with Crippen LogP contribution in [0.3, 0.4) is 0 Å². The molecule has 0 aliphatic heterocycles. The number of rotatable bonds is 0. The molecule has 0 bridgehead atoms. The molecule has 6 unspecified atom stereocenters. The topological polar surface area (TPSA) is 17.1 Å². The van der Waals surface area contributed by atoms with Gasteiger partial charge >= 0.3 is 0 Å². The van der Waals surface area contributed by atoms with Crippen molar-refractivity contribution in [1.29, 1.82) is 0 Å². The Kier molecular flexibility index (Phi) is 3.37. The van der Waals surface area contributed by atoms with E-state index in [4.69, 9.17) is 0 Å². The zero-order valence-corrected chi connectivity index (χ0v) is 14.7. The van der Waals surface area contributed by atoms with E-state index in [1.165, 1.54) is 44.9 Å². The van der Waals surface area contributed by atoms with Gasteiger partial charge in [0.2, 0.25) is 0 Å². The van der Waals surface area contributed by atoms with E-state index >= 15 is 0 Å². The first kappa shape index (κ1) is 15.0. The Hall–Kier alpha value is -0.590. The fourth-order valence-corrected chi connectivity index (χ4v) is 7.37. The summed E-state index contributed by atoms with van der Waals surface area (Å²) in [5, 5.41) is 0. The summed E-state index contributed by atoms with van der Waals surface area (Å²) in [5.74, 6) is 3.99. The summed E-state index contributed by atoms with van der Waals surface area (Å²) in [5.41, 5.74) is 2.72. The molecule has 4 aliphatic rings. The third-order valence-corrected chi connectivity index (χ3v) is 8.68. The van der Waals surface area contributed by atoms with Gasteiger partial charge in [-0.05, 0) is 86.4 Å². The van der Waals surface area contributed by atoms with E-state index in [0.29, 0.717) is 22.5 Å². The van der Waals surface area contributed by atoms with Crippen LogP contribution in [0.25, 0.3) is 0 Å². The lowest BCUT2D eigenvalue weighted by molar-refractivity contribution is -0.136. The molecular weight excluding hydrogens is 268 g/mol. The summed E-state index contributed by atoms with van der Waals surface area (Å²) in [6.45, 7) is 7.37. The highest BCUT2D eigenvalue weighted by Crippen LogP contribution is 2.67. The van der Waals surface area contributed by atoms with Crippen molar-refractivity contribution in [2.75, 3.05) is 0 Å². The molecule has 0 saturated heterocycles. The van der Waals surface area contributed by atoms with Gasteiger partial charge in [-0.15, -0.1) is 0 Å². The van der Waals surface area contributed by atoms with E-state index in [9.17, 15) is 4.79 Å². The Balaban J connectivity index is 1.65. The summed E-state index contributed by atoms with van der Waals surface area (Å²) >= 11 is 0. The van der Waals surface area contributed by atoms with E-state index in [0.717, 1.165) is 30.6 Å². The van der Waals surface area contributed by atoms with Gasteiger partial charge in [-0.2, -0.15) is 0 Å². The number of fused-ring (bicyclic) bond motifs is 5. The molecule has 0 N–H and O–H groups in total. The molecule has 4 rings (SSSR count). The second-order valence-electron chi connectivity index (χ2n) is 9.21. The van der Waals surface area contributed by atoms with E-state index in [-0.39, 0.29) is 0 Å². The number of ketones is 1. The number of carbonyl (C=O) groups is 1. The third kappa shape index (κ3) is 1.86. The zero-order valence-electron chi connectivity index (χ0n) is 14.7. The molecule has 4 saturated carbocycles. The van der Waals surface area contributed by atoms with Gasteiger partial charge in [-0.1, -0.05) is 25.5 Å². The highest BCUT2D eigenvalue weighted by atomic mass is 16.1. The van der Waals surface area contributed by atoms with E-state index < -0.39 is 0 Å². The van der Waals surface area contributed by atoms with Crippen molar-refractivity contribution in [2.45, 2.75) is 78.6 Å². The average Bonchev–Trinajstić information content (AvgIpc) is 2.84. The van der Waals surface area contributed by atoms with Gasteiger partial charge in [-0.25, -0.2) is 0 Å². The quantitative estimate of drug-likeness (QED) is 0.536. The predicted octanol–water partition coefficient (Wildman–Crippen LogP) is 5.54. The summed E-state index contributed by atoms with van der Waals surface area (Å²) in [6.07, 6.45) is 13.7. The summed E-state index contributed by atoms with van der Waals surface area (Å²) < 4.78 is 0. The summed E-state index contributed by atoms with van der Waals surface area (Å²) in [6, 6.07) is 0. The molecule has 4 aliphatic carbocycles. The van der Waals surface area contributed by atoms with Crippen LogP contribution in [0.1, 0.15) is 78.6 Å². The van der Waals surface area contributed by atoms with Gasteiger partial charge in [0.05, 0.1) is 0 Å². The van der Waals surface area contributed by atoms with Crippen LogP contribution >= 0.6 is 0 Å². The summed E-state index contributed by atoms with van der Waals surface area (Å²) in [7, 11) is 0. The van der Waals surface area contributed by atoms with Gasteiger partial charge < -0.3 is 0 Å². The lowest BCUT2D eigenvalue weighted by Crippen LogP contribution is -2.52. The van der Waals surface area contributed by atoms with Crippen LogP contribution in [0.4, 0.5) is 0 Å². The molecule has 0 aromatic rings. The molecule has 1 heteroatoms. The molecule has 0 amide bonds. The molecule has 0 aromatic heterocycles. The smallest absolute Gasteiger partial charge is 0.133 e. The van der Waals surface area contributed by atoms with Crippen molar-refractivity contribution in [3.05, 3.63) is 11.6 Å². The van der Waals surface area contributed by atoms with Crippen molar-refractivity contribution in [3.63, 3.8) is 0 Å². The van der Waals surface area contributed by atoms with Gasteiger partial charge in [0.15, 0.2) is 0 Å². The highest BCUT2D eigenvalue weighted by molar-refractivity contribution is 5.79. The minimum Gasteiger partial charge on any atom is -0.300 e. The number of hydrogen-bond donors (Lipinski definition) is 0.